The van der Waals surface area contributed by atoms with Gasteiger partial charge in [-0.15, -0.1) is 0 Å². The number of esters is 1. The number of nitrogens with zero attached hydrogens (tertiary/aromatic N) is 8. The third-order valence-electron chi connectivity index (χ3n) is 16.0. The van der Waals surface area contributed by atoms with E-state index in [2.05, 4.69) is 46.7 Å². The van der Waals surface area contributed by atoms with E-state index in [9.17, 15) is 29.1 Å². The number of rotatable bonds is 9. The molecule has 0 amide bonds. The molecular weight excluding hydrogens is 1240 g/mol. The summed E-state index contributed by atoms with van der Waals surface area (Å²) in [6.07, 6.45) is 8.01. The number of aryl methyl sites for hydroxylation is 2. The molecule has 21 nitrogen and oxygen atoms in total. The third kappa shape index (κ3) is 14.6. The van der Waals surface area contributed by atoms with Crippen LogP contribution in [-0.4, -0.2) is 96.4 Å². The van der Waals surface area contributed by atoms with Crippen molar-refractivity contribution in [1.29, 1.82) is 0 Å². The minimum atomic E-state index is -0.761. The molecule has 3 N–H and O–H groups in total. The van der Waals surface area contributed by atoms with Crippen LogP contribution in [0.15, 0.2) is 131 Å². The normalized spacial score (nSPS) is 15.3. The molecule has 0 atom stereocenters. The second-order valence-electron chi connectivity index (χ2n) is 25.3. The van der Waals surface area contributed by atoms with Crippen LogP contribution in [0, 0.1) is 11.6 Å². The lowest BCUT2D eigenvalue weighted by atomic mass is 9.75. The minimum Gasteiger partial charge on any atom is -0.465 e. The number of carbonyl (C=O) groups is 1. The van der Waals surface area contributed by atoms with Crippen molar-refractivity contribution in [2.75, 3.05) is 36.9 Å². The Morgan fingerprint density at radius 1 is 0.681 bits per heavy atom. The van der Waals surface area contributed by atoms with Gasteiger partial charge in [0.2, 0.25) is 0 Å². The predicted octanol–water partition coefficient (Wildman–Crippen LogP) is 9.39. The summed E-state index contributed by atoms with van der Waals surface area (Å²) in [5, 5.41) is 25.7. The van der Waals surface area contributed by atoms with Gasteiger partial charge in [-0.2, -0.15) is 19.6 Å². The molecule has 7 heterocycles. The van der Waals surface area contributed by atoms with Crippen LogP contribution >= 0.6 is 15.9 Å². The van der Waals surface area contributed by atoms with Gasteiger partial charge in [-0.3, -0.25) is 24.0 Å². The monoisotopic (exact) mass is 1310 g/mol. The van der Waals surface area contributed by atoms with Crippen molar-refractivity contribution in [1.82, 2.24) is 28.7 Å². The van der Waals surface area contributed by atoms with E-state index in [0.29, 0.717) is 81.3 Å². The number of hydrogen-bond donors (Lipinski definition) is 3. The van der Waals surface area contributed by atoms with E-state index < -0.39 is 53.6 Å². The number of ether oxygens (including phenoxy) is 3. The lowest BCUT2D eigenvalue weighted by molar-refractivity contribution is -0.142. The maximum absolute atomic E-state index is 15.2. The molecule has 11 rings (SSSR count). The number of fused-ring (bicyclic) bond motifs is 2. The summed E-state index contributed by atoms with van der Waals surface area (Å²) in [7, 11) is 2.55. The first-order valence-corrected chi connectivity index (χ1v) is 30.4. The van der Waals surface area contributed by atoms with E-state index in [1.54, 1.807) is 87.2 Å². The van der Waals surface area contributed by atoms with Gasteiger partial charge >= 0.3 is 13.1 Å². The molecule has 478 valence electrons. The van der Waals surface area contributed by atoms with Crippen LogP contribution in [0.25, 0.3) is 44.0 Å². The van der Waals surface area contributed by atoms with Gasteiger partial charge in [0.05, 0.1) is 65.6 Å². The number of aliphatic hydroxyl groups excluding tert-OH is 1. The Hall–Kier alpha value is -8.65. The third-order valence-corrected chi connectivity index (χ3v) is 16.4. The molecule has 0 saturated carbocycles. The molecule has 1 saturated heterocycles. The van der Waals surface area contributed by atoms with E-state index in [4.69, 9.17) is 23.5 Å². The molecule has 4 aromatic carbocycles. The van der Waals surface area contributed by atoms with E-state index >= 15 is 8.78 Å². The maximum Gasteiger partial charge on any atom is 0.495 e. The van der Waals surface area contributed by atoms with Crippen LogP contribution in [0.1, 0.15) is 111 Å². The molecule has 4 aromatic heterocycles. The zero-order valence-corrected chi connectivity index (χ0v) is 54.8. The van der Waals surface area contributed by atoms with Crippen LogP contribution in [0.5, 0.6) is 0 Å². The highest BCUT2D eigenvalue weighted by Crippen LogP contribution is 2.38. The first kappa shape index (κ1) is 66.8. The van der Waals surface area contributed by atoms with Crippen LogP contribution < -0.4 is 38.3 Å². The summed E-state index contributed by atoms with van der Waals surface area (Å²) >= 11 is 3.33. The SMILES string of the molecule is CC(=O)OCc1c(B2OC(C)(C)C(C)(C)O2)cccc1-n1ncc2cc(C(C)(C)C)cc(F)c2c1=O.Cn1cc(-c2cccc(-n3ncc4cc(C(C)(C)C)cc(F)c4c3=O)c2CO)cc(NC2=NCCCO2)c1=O.Cn1cc(Br)cc(NC2=NCCCO2)c1=O. The van der Waals surface area contributed by atoms with Crippen molar-refractivity contribution < 1.29 is 42.2 Å². The van der Waals surface area contributed by atoms with Crippen LogP contribution in [0.2, 0.25) is 0 Å². The van der Waals surface area contributed by atoms with Crippen molar-refractivity contribution in [3.05, 3.63) is 177 Å². The number of hydrogen-bond acceptors (Lipinski definition) is 17. The van der Waals surface area contributed by atoms with E-state index in [1.807, 2.05) is 69.2 Å². The fraction of sp³-hybridized carbons (Fsp3) is 0.379. The van der Waals surface area contributed by atoms with Gasteiger partial charge in [-0.25, -0.2) is 18.8 Å². The van der Waals surface area contributed by atoms with Gasteiger partial charge in [0.15, 0.2) is 0 Å². The largest absolute Gasteiger partial charge is 0.495 e. The molecule has 0 spiro atoms. The Labute approximate surface area is 533 Å². The summed E-state index contributed by atoms with van der Waals surface area (Å²) in [5.41, 5.74) is 2.15. The van der Waals surface area contributed by atoms with Crippen LogP contribution in [0.3, 0.4) is 0 Å². The number of pyridine rings is 2. The molecule has 3 aliphatic rings. The Bertz CT molecular complexity index is 4440. The number of aliphatic imine (C=N–C) groups is 2. The van der Waals surface area contributed by atoms with Crippen molar-refractivity contribution in [3.8, 4) is 22.5 Å². The number of aromatic nitrogens is 6. The highest BCUT2D eigenvalue weighted by molar-refractivity contribution is 9.10. The number of amidine groups is 2. The number of benzene rings is 4. The van der Waals surface area contributed by atoms with Crippen molar-refractivity contribution in [2.24, 2.45) is 24.1 Å². The topological polar surface area (TPSA) is 246 Å². The summed E-state index contributed by atoms with van der Waals surface area (Å²) in [4.78, 5) is 71.7. The fourth-order valence-corrected chi connectivity index (χ4v) is 10.7. The van der Waals surface area contributed by atoms with Gasteiger partial charge < -0.3 is 48.4 Å². The minimum absolute atomic E-state index is 0.0579. The molecule has 0 bridgehead atoms. The predicted molar refractivity (Wildman–Crippen MR) is 352 cm³/mol. The van der Waals surface area contributed by atoms with Gasteiger partial charge in [0, 0.05) is 91.3 Å². The average Bonchev–Trinajstić information content (AvgIpc) is 1.85. The number of aliphatic hydroxyl groups is 1. The molecule has 8 aromatic rings. The van der Waals surface area contributed by atoms with E-state index in [0.717, 1.165) is 44.3 Å². The second kappa shape index (κ2) is 26.7. The first-order valence-electron chi connectivity index (χ1n) is 29.6. The highest BCUT2D eigenvalue weighted by atomic mass is 79.9. The molecule has 0 aliphatic carbocycles. The van der Waals surface area contributed by atoms with Crippen LogP contribution in [-0.2, 0) is 66.5 Å². The average molecular weight is 1310 g/mol. The summed E-state index contributed by atoms with van der Waals surface area (Å²) < 4.78 is 65.0. The van der Waals surface area contributed by atoms with Gasteiger partial charge in [-0.1, -0.05) is 65.8 Å². The Morgan fingerprint density at radius 3 is 1.62 bits per heavy atom. The summed E-state index contributed by atoms with van der Waals surface area (Å²) in [6, 6.07) is 20.7. The number of carbonyl (C=O) groups excluding carboxylic acids is 1. The van der Waals surface area contributed by atoms with Gasteiger partial charge in [0.25, 0.3) is 34.3 Å². The molecule has 25 heteroatoms. The Balaban J connectivity index is 0.000000175. The maximum atomic E-state index is 15.2. The molecular formula is C66H74BBrF2N10O11. The molecule has 1 fully saturated rings. The molecule has 0 radical (unpaired) electrons. The van der Waals surface area contributed by atoms with E-state index in [1.165, 1.54) is 40.6 Å². The van der Waals surface area contributed by atoms with Gasteiger partial charge in [0.1, 0.15) is 29.6 Å². The van der Waals surface area contributed by atoms with Crippen molar-refractivity contribution >= 4 is 79.4 Å². The quantitative estimate of drug-likeness (QED) is 0.0900. The Kier molecular flexibility index (Phi) is 19.6. The summed E-state index contributed by atoms with van der Waals surface area (Å²) in [6.45, 7) is 22.8. The number of anilines is 2. The van der Waals surface area contributed by atoms with Crippen molar-refractivity contribution in [3.63, 3.8) is 0 Å². The Morgan fingerprint density at radius 2 is 1.15 bits per heavy atom. The first-order chi connectivity index (χ1) is 42.9. The summed E-state index contributed by atoms with van der Waals surface area (Å²) in [5.74, 6) is -1.71. The van der Waals surface area contributed by atoms with Crippen LogP contribution in [0.4, 0.5) is 20.2 Å². The lowest BCUT2D eigenvalue weighted by Gasteiger charge is -2.32. The number of nitrogens with one attached hydrogen (secondary N) is 2. The van der Waals surface area contributed by atoms with E-state index in [-0.39, 0.29) is 51.0 Å². The smallest absolute Gasteiger partial charge is 0.465 e. The molecule has 3 aliphatic heterocycles. The highest BCUT2D eigenvalue weighted by Gasteiger charge is 2.52. The van der Waals surface area contributed by atoms with Crippen molar-refractivity contribution in [2.45, 2.75) is 124 Å². The molecule has 91 heavy (non-hydrogen) atoms. The fourth-order valence-electron chi connectivity index (χ4n) is 10.2. The zero-order valence-electron chi connectivity index (χ0n) is 53.2. The van der Waals surface area contributed by atoms with Gasteiger partial charge in [-0.05, 0) is 125 Å². The number of halogens is 3. The molecule has 0 unspecified atom stereocenters. The second-order valence-corrected chi connectivity index (χ2v) is 26.2. The standard InChI is InChI=1S/C29H30FN5O4.C27H32BFN2O5.C10H12BrN3O2/c1-29(2,3)19-11-17-14-32-35(27(38)25(17)22(30)13-19)24-8-5-7-20(21(24)16-36)18-12-23(26(37)34(4)15-18)33-28-31-9-6-10-39-28;1-16(32)34-15-19-20(28-35-26(5,6)27(7,8)36-28)10-9-11-22(19)31-24(33)23-17(14-30-31)12-18(13-21(23)29)25(2,3)4;1-14-6-7(11)5-8(9(14)15)13-10-12-3-2-4-16-10/h5,7-8,11-15,36H,6,9-10,16H2,1-4H3,(H,31,33);9-14H,15H2,1-8H3;5-6H,2-4H2,1H3,(H,12,13). The zero-order chi connectivity index (χ0) is 66.1. The lowest BCUT2D eigenvalue weighted by Crippen LogP contribution is -2.41.